The maximum Gasteiger partial charge on any atom is 0.191 e. The van der Waals surface area contributed by atoms with Gasteiger partial charge in [0.1, 0.15) is 6.10 Å². The number of nitrogens with one attached hydrogen (secondary N) is 2. The van der Waals surface area contributed by atoms with Crippen LogP contribution in [0.2, 0.25) is 0 Å². The van der Waals surface area contributed by atoms with Crippen molar-refractivity contribution in [1.29, 1.82) is 0 Å². The molecule has 0 saturated carbocycles. The number of hydrogen-bond acceptors (Lipinski definition) is 2. The number of ether oxygens (including phenoxy) is 1. The first-order valence-electron chi connectivity index (χ1n) is 6.41. The summed E-state index contributed by atoms with van der Waals surface area (Å²) in [4.78, 5) is 4.52. The summed E-state index contributed by atoms with van der Waals surface area (Å²) in [6.45, 7) is 6.43. The maximum absolute atomic E-state index is 5.48. The van der Waals surface area contributed by atoms with Crippen molar-refractivity contribution >= 4 is 29.9 Å². The van der Waals surface area contributed by atoms with Crippen LogP contribution in [-0.2, 0) is 4.74 Å². The van der Waals surface area contributed by atoms with Gasteiger partial charge in [0.25, 0.3) is 0 Å². The van der Waals surface area contributed by atoms with Crippen molar-refractivity contribution in [2.75, 3.05) is 26.7 Å². The summed E-state index contributed by atoms with van der Waals surface area (Å²) in [6, 6.07) is 10.1. The standard InChI is InChI=1S/C14H23N3O.HI/c1-4-15-14(16-5-2)17-11-13(18-3)12-9-7-6-8-10-12;/h6-10,13H,4-5,11H2,1-3H3,(H2,15,16,17);1H. The molecule has 0 aliphatic rings. The van der Waals surface area contributed by atoms with E-state index in [2.05, 4.69) is 41.6 Å². The minimum absolute atomic E-state index is 0. The van der Waals surface area contributed by atoms with Crippen molar-refractivity contribution in [2.24, 2.45) is 4.99 Å². The van der Waals surface area contributed by atoms with Crippen LogP contribution in [0.1, 0.15) is 25.5 Å². The van der Waals surface area contributed by atoms with E-state index in [1.54, 1.807) is 7.11 Å². The van der Waals surface area contributed by atoms with Crippen molar-refractivity contribution < 1.29 is 4.74 Å². The molecular formula is C14H24IN3O. The molecule has 0 amide bonds. The van der Waals surface area contributed by atoms with Gasteiger partial charge in [-0.25, -0.2) is 0 Å². The molecule has 2 N–H and O–H groups in total. The van der Waals surface area contributed by atoms with Crippen molar-refractivity contribution in [1.82, 2.24) is 10.6 Å². The van der Waals surface area contributed by atoms with Gasteiger partial charge in [-0.15, -0.1) is 24.0 Å². The van der Waals surface area contributed by atoms with Crippen LogP contribution in [0.15, 0.2) is 35.3 Å². The molecule has 5 heteroatoms. The highest BCUT2D eigenvalue weighted by Gasteiger charge is 2.09. The summed E-state index contributed by atoms with van der Waals surface area (Å²) < 4.78 is 5.48. The van der Waals surface area contributed by atoms with E-state index in [4.69, 9.17) is 4.74 Å². The molecule has 1 atom stereocenters. The third-order valence-corrected chi connectivity index (χ3v) is 2.56. The monoisotopic (exact) mass is 377 g/mol. The Morgan fingerprint density at radius 3 is 2.21 bits per heavy atom. The molecule has 0 radical (unpaired) electrons. The Bertz CT molecular complexity index is 349. The van der Waals surface area contributed by atoms with E-state index in [0.717, 1.165) is 24.6 Å². The van der Waals surface area contributed by atoms with Gasteiger partial charge in [-0.05, 0) is 19.4 Å². The van der Waals surface area contributed by atoms with Crippen LogP contribution in [-0.4, -0.2) is 32.7 Å². The first-order chi connectivity index (χ1) is 8.81. The van der Waals surface area contributed by atoms with Crippen LogP contribution in [0.4, 0.5) is 0 Å². The molecule has 0 spiro atoms. The van der Waals surface area contributed by atoms with Crippen LogP contribution >= 0.6 is 24.0 Å². The maximum atomic E-state index is 5.48. The largest absolute Gasteiger partial charge is 0.375 e. The third-order valence-electron chi connectivity index (χ3n) is 2.56. The summed E-state index contributed by atoms with van der Waals surface area (Å²) in [5, 5.41) is 6.40. The van der Waals surface area contributed by atoms with Gasteiger partial charge >= 0.3 is 0 Å². The van der Waals surface area contributed by atoms with Gasteiger partial charge in [0.15, 0.2) is 5.96 Å². The predicted molar refractivity (Wildman–Crippen MR) is 91.3 cm³/mol. The average Bonchev–Trinajstić information content (AvgIpc) is 2.41. The van der Waals surface area contributed by atoms with Crippen molar-refractivity contribution in [2.45, 2.75) is 20.0 Å². The van der Waals surface area contributed by atoms with E-state index < -0.39 is 0 Å². The van der Waals surface area contributed by atoms with Gasteiger partial charge in [0, 0.05) is 20.2 Å². The van der Waals surface area contributed by atoms with Crippen LogP contribution in [0.3, 0.4) is 0 Å². The molecule has 1 aromatic rings. The van der Waals surface area contributed by atoms with E-state index in [9.17, 15) is 0 Å². The second kappa shape index (κ2) is 11.0. The molecule has 0 fully saturated rings. The van der Waals surface area contributed by atoms with Gasteiger partial charge in [0.2, 0.25) is 0 Å². The quantitative estimate of drug-likeness (QED) is 0.455. The zero-order chi connectivity index (χ0) is 13.2. The molecule has 0 aliphatic carbocycles. The number of guanidine groups is 1. The molecule has 108 valence electrons. The van der Waals surface area contributed by atoms with E-state index in [1.165, 1.54) is 0 Å². The highest BCUT2D eigenvalue weighted by Crippen LogP contribution is 2.16. The lowest BCUT2D eigenvalue weighted by atomic mass is 10.1. The number of halogens is 1. The second-order valence-electron chi connectivity index (χ2n) is 3.88. The molecule has 4 nitrogen and oxygen atoms in total. The fourth-order valence-corrected chi connectivity index (χ4v) is 1.67. The van der Waals surface area contributed by atoms with Crippen molar-refractivity contribution in [3.63, 3.8) is 0 Å². The smallest absolute Gasteiger partial charge is 0.191 e. The Labute approximate surface area is 133 Å². The number of hydrogen-bond donors (Lipinski definition) is 2. The Balaban J connectivity index is 0.00000324. The first kappa shape index (κ1) is 18.2. The van der Waals surface area contributed by atoms with Crippen LogP contribution in [0.5, 0.6) is 0 Å². The van der Waals surface area contributed by atoms with Gasteiger partial charge in [-0.3, -0.25) is 4.99 Å². The summed E-state index contributed by atoms with van der Waals surface area (Å²) in [6.07, 6.45) is -0.00138. The number of nitrogens with zero attached hydrogens (tertiary/aromatic N) is 1. The topological polar surface area (TPSA) is 45.7 Å². The fourth-order valence-electron chi connectivity index (χ4n) is 1.67. The normalized spacial score (nSPS) is 11.1. The minimum Gasteiger partial charge on any atom is -0.375 e. The molecule has 0 aliphatic heterocycles. The van der Waals surface area contributed by atoms with Crippen molar-refractivity contribution in [3.05, 3.63) is 35.9 Å². The lowest BCUT2D eigenvalue weighted by molar-refractivity contribution is 0.111. The van der Waals surface area contributed by atoms with Crippen LogP contribution in [0, 0.1) is 0 Å². The summed E-state index contributed by atoms with van der Waals surface area (Å²) in [5.41, 5.74) is 1.15. The Hall–Kier alpha value is -0.820. The van der Waals surface area contributed by atoms with E-state index in [1.807, 2.05) is 18.2 Å². The number of aliphatic imine (C=N–C) groups is 1. The average molecular weight is 377 g/mol. The SMILES string of the molecule is CCNC(=NCC(OC)c1ccccc1)NCC.I. The highest BCUT2D eigenvalue weighted by atomic mass is 127. The molecule has 0 saturated heterocycles. The van der Waals surface area contributed by atoms with Crippen LogP contribution < -0.4 is 10.6 Å². The molecule has 19 heavy (non-hydrogen) atoms. The number of rotatable bonds is 6. The lowest BCUT2D eigenvalue weighted by Crippen LogP contribution is -2.37. The first-order valence-corrected chi connectivity index (χ1v) is 6.41. The predicted octanol–water partition coefficient (Wildman–Crippen LogP) is 2.57. The number of benzene rings is 1. The molecular weight excluding hydrogens is 353 g/mol. The molecule has 0 bridgehead atoms. The molecule has 0 aromatic heterocycles. The fraction of sp³-hybridized carbons (Fsp3) is 0.500. The van der Waals surface area contributed by atoms with Gasteiger partial charge < -0.3 is 15.4 Å². The van der Waals surface area contributed by atoms with Gasteiger partial charge in [0.05, 0.1) is 6.54 Å². The summed E-state index contributed by atoms with van der Waals surface area (Å²) >= 11 is 0. The molecule has 1 unspecified atom stereocenters. The Morgan fingerprint density at radius 2 is 1.74 bits per heavy atom. The molecule has 1 rings (SSSR count). The zero-order valence-corrected chi connectivity index (χ0v) is 14.2. The summed E-state index contributed by atoms with van der Waals surface area (Å²) in [7, 11) is 1.72. The van der Waals surface area contributed by atoms with Crippen molar-refractivity contribution in [3.8, 4) is 0 Å². The Kier molecular flexibility index (Phi) is 10.6. The number of methoxy groups -OCH3 is 1. The zero-order valence-electron chi connectivity index (χ0n) is 11.8. The van der Waals surface area contributed by atoms with Gasteiger partial charge in [-0.1, -0.05) is 30.3 Å². The summed E-state index contributed by atoms with van der Waals surface area (Å²) in [5.74, 6) is 0.831. The van der Waals surface area contributed by atoms with E-state index in [-0.39, 0.29) is 30.1 Å². The third kappa shape index (κ3) is 6.77. The molecule has 1 aromatic carbocycles. The minimum atomic E-state index is -0.00138. The highest BCUT2D eigenvalue weighted by molar-refractivity contribution is 14.0. The van der Waals surface area contributed by atoms with Gasteiger partial charge in [-0.2, -0.15) is 0 Å². The Morgan fingerprint density at radius 1 is 1.16 bits per heavy atom. The second-order valence-corrected chi connectivity index (χ2v) is 3.88. The van der Waals surface area contributed by atoms with Crippen LogP contribution in [0.25, 0.3) is 0 Å². The van der Waals surface area contributed by atoms with E-state index >= 15 is 0 Å². The lowest BCUT2D eigenvalue weighted by Gasteiger charge is -2.15. The van der Waals surface area contributed by atoms with E-state index in [0.29, 0.717) is 6.54 Å². The molecule has 0 heterocycles.